The minimum absolute atomic E-state index is 0.432. The van der Waals surface area contributed by atoms with Crippen molar-refractivity contribution < 1.29 is 4.79 Å². The summed E-state index contributed by atoms with van der Waals surface area (Å²) < 4.78 is 0. The van der Waals surface area contributed by atoms with Crippen LogP contribution in [0.15, 0.2) is 0 Å². The van der Waals surface area contributed by atoms with Crippen LogP contribution in [-0.2, 0) is 4.79 Å². The molecule has 66 valence electrons. The van der Waals surface area contributed by atoms with E-state index in [1.807, 2.05) is 0 Å². The summed E-state index contributed by atoms with van der Waals surface area (Å²) in [4.78, 5) is 9.85. The van der Waals surface area contributed by atoms with Crippen molar-refractivity contribution in [3.05, 3.63) is 0 Å². The molecule has 0 aliphatic rings. The maximum atomic E-state index is 9.85. The van der Waals surface area contributed by atoms with Crippen molar-refractivity contribution in [1.82, 2.24) is 5.32 Å². The summed E-state index contributed by atoms with van der Waals surface area (Å²) in [6, 6.07) is 0. The highest BCUT2D eigenvalue weighted by atomic mass is 16.1. The lowest BCUT2D eigenvalue weighted by molar-refractivity contribution is -0.109. The van der Waals surface area contributed by atoms with Crippen LogP contribution in [0.25, 0.3) is 0 Å². The molecule has 11 heavy (non-hydrogen) atoms. The third-order valence-corrected chi connectivity index (χ3v) is 1.58. The summed E-state index contributed by atoms with van der Waals surface area (Å²) in [5.41, 5.74) is 0.432. The zero-order chi connectivity index (χ0) is 8.74. The lowest BCUT2D eigenvalue weighted by Crippen LogP contribution is -2.13. The maximum Gasteiger partial charge on any atom is 0.207 e. The Morgan fingerprint density at radius 1 is 1.27 bits per heavy atom. The lowest BCUT2D eigenvalue weighted by Gasteiger charge is -2.17. The molecule has 0 fully saturated rings. The Balaban J connectivity index is 3.08. The molecule has 0 aliphatic carbocycles. The number of carbonyl (C=O) groups is 1. The Morgan fingerprint density at radius 3 is 2.36 bits per heavy atom. The largest absolute Gasteiger partial charge is 0.359 e. The average molecular weight is 157 g/mol. The van der Waals surface area contributed by atoms with E-state index >= 15 is 0 Å². The van der Waals surface area contributed by atoms with Gasteiger partial charge in [-0.2, -0.15) is 0 Å². The molecule has 0 unspecified atom stereocenters. The maximum absolute atomic E-state index is 9.85. The first-order chi connectivity index (χ1) is 5.06. The zero-order valence-corrected chi connectivity index (χ0v) is 7.81. The van der Waals surface area contributed by atoms with Crippen molar-refractivity contribution in [3.8, 4) is 0 Å². The van der Waals surface area contributed by atoms with Gasteiger partial charge in [0, 0.05) is 6.54 Å². The number of hydrogen-bond donors (Lipinski definition) is 1. The van der Waals surface area contributed by atoms with Gasteiger partial charge in [-0.3, -0.25) is 4.79 Å². The Morgan fingerprint density at radius 2 is 1.91 bits per heavy atom. The summed E-state index contributed by atoms with van der Waals surface area (Å²) in [7, 11) is 0. The van der Waals surface area contributed by atoms with Crippen LogP contribution >= 0.6 is 0 Å². The number of hydrogen-bond acceptors (Lipinski definition) is 1. The second-order valence-corrected chi connectivity index (χ2v) is 4.09. The second-order valence-electron chi connectivity index (χ2n) is 4.09. The van der Waals surface area contributed by atoms with Crippen LogP contribution in [0.5, 0.6) is 0 Å². The molecular weight excluding hydrogens is 138 g/mol. The van der Waals surface area contributed by atoms with E-state index in [0.29, 0.717) is 5.41 Å². The van der Waals surface area contributed by atoms with Crippen LogP contribution in [0.1, 0.15) is 40.0 Å². The predicted molar refractivity (Wildman–Crippen MR) is 47.4 cm³/mol. The van der Waals surface area contributed by atoms with E-state index in [-0.39, 0.29) is 0 Å². The molecule has 2 heteroatoms. The van der Waals surface area contributed by atoms with Gasteiger partial charge in [0.2, 0.25) is 6.41 Å². The third-order valence-electron chi connectivity index (χ3n) is 1.58. The Bertz CT molecular complexity index is 105. The summed E-state index contributed by atoms with van der Waals surface area (Å²) in [6.45, 7) is 7.53. The van der Waals surface area contributed by atoms with Gasteiger partial charge in [0.05, 0.1) is 0 Å². The fourth-order valence-electron chi connectivity index (χ4n) is 0.941. The SMILES string of the molecule is CC(C)(C)CCCCNC=O. The smallest absolute Gasteiger partial charge is 0.207 e. The van der Waals surface area contributed by atoms with E-state index in [2.05, 4.69) is 26.1 Å². The van der Waals surface area contributed by atoms with Crippen LogP contribution in [0, 0.1) is 5.41 Å². The molecule has 0 atom stereocenters. The van der Waals surface area contributed by atoms with Gasteiger partial charge in [-0.05, 0) is 18.3 Å². The number of rotatable bonds is 5. The van der Waals surface area contributed by atoms with Gasteiger partial charge in [-0.1, -0.05) is 27.2 Å². The van der Waals surface area contributed by atoms with Crippen molar-refractivity contribution in [2.24, 2.45) is 5.41 Å². The van der Waals surface area contributed by atoms with Crippen molar-refractivity contribution in [3.63, 3.8) is 0 Å². The fourth-order valence-corrected chi connectivity index (χ4v) is 0.941. The highest BCUT2D eigenvalue weighted by Crippen LogP contribution is 2.20. The summed E-state index contributed by atoms with van der Waals surface area (Å²) in [6.07, 6.45) is 4.28. The highest BCUT2D eigenvalue weighted by molar-refractivity contribution is 5.45. The topological polar surface area (TPSA) is 29.1 Å². The van der Waals surface area contributed by atoms with Crippen molar-refractivity contribution >= 4 is 6.41 Å². The number of amides is 1. The Hall–Kier alpha value is -0.530. The molecule has 0 radical (unpaired) electrons. The second kappa shape index (κ2) is 5.16. The normalized spacial score (nSPS) is 11.2. The molecule has 0 aromatic heterocycles. The molecule has 0 bridgehead atoms. The van der Waals surface area contributed by atoms with Crippen molar-refractivity contribution in [2.45, 2.75) is 40.0 Å². The minimum Gasteiger partial charge on any atom is -0.359 e. The molecule has 0 heterocycles. The van der Waals surface area contributed by atoms with E-state index in [0.717, 1.165) is 19.4 Å². The molecule has 0 rings (SSSR count). The zero-order valence-electron chi connectivity index (χ0n) is 7.81. The fraction of sp³-hybridized carbons (Fsp3) is 0.889. The average Bonchev–Trinajstić information content (AvgIpc) is 1.85. The molecule has 0 saturated carbocycles. The van der Waals surface area contributed by atoms with E-state index in [4.69, 9.17) is 0 Å². The van der Waals surface area contributed by atoms with Gasteiger partial charge >= 0.3 is 0 Å². The molecule has 0 saturated heterocycles. The van der Waals surface area contributed by atoms with Gasteiger partial charge in [0.25, 0.3) is 0 Å². The molecule has 2 nitrogen and oxygen atoms in total. The van der Waals surface area contributed by atoms with Crippen LogP contribution in [-0.4, -0.2) is 13.0 Å². The Labute approximate surface area is 69.4 Å². The van der Waals surface area contributed by atoms with Gasteiger partial charge in [-0.15, -0.1) is 0 Å². The first-order valence-corrected chi connectivity index (χ1v) is 4.23. The van der Waals surface area contributed by atoms with Crippen LogP contribution in [0.3, 0.4) is 0 Å². The van der Waals surface area contributed by atoms with Crippen molar-refractivity contribution in [2.75, 3.05) is 6.54 Å². The van der Waals surface area contributed by atoms with Gasteiger partial charge in [0.15, 0.2) is 0 Å². The summed E-state index contributed by atoms with van der Waals surface area (Å²) in [5.74, 6) is 0. The number of carbonyl (C=O) groups excluding carboxylic acids is 1. The van der Waals surface area contributed by atoms with E-state index < -0.39 is 0 Å². The Kier molecular flexibility index (Phi) is 4.92. The molecule has 0 aliphatic heterocycles. The van der Waals surface area contributed by atoms with Gasteiger partial charge < -0.3 is 5.32 Å². The quantitative estimate of drug-likeness (QED) is 0.479. The van der Waals surface area contributed by atoms with Gasteiger partial charge in [-0.25, -0.2) is 0 Å². The first kappa shape index (κ1) is 10.5. The highest BCUT2D eigenvalue weighted by Gasteiger charge is 2.08. The molecule has 1 N–H and O–H groups in total. The van der Waals surface area contributed by atoms with E-state index in [1.54, 1.807) is 0 Å². The van der Waals surface area contributed by atoms with Crippen LogP contribution < -0.4 is 5.32 Å². The van der Waals surface area contributed by atoms with Gasteiger partial charge in [0.1, 0.15) is 0 Å². The summed E-state index contributed by atoms with van der Waals surface area (Å²) in [5, 5.41) is 2.65. The van der Waals surface area contributed by atoms with Crippen LogP contribution in [0.4, 0.5) is 0 Å². The lowest BCUT2D eigenvalue weighted by atomic mass is 9.90. The summed E-state index contributed by atoms with van der Waals surface area (Å²) >= 11 is 0. The van der Waals surface area contributed by atoms with E-state index in [9.17, 15) is 4.79 Å². The molecule has 0 aromatic carbocycles. The predicted octanol–water partition coefficient (Wildman–Crippen LogP) is 1.95. The number of unbranched alkanes of at least 4 members (excludes halogenated alkanes) is 1. The molecule has 0 spiro atoms. The monoisotopic (exact) mass is 157 g/mol. The first-order valence-electron chi connectivity index (χ1n) is 4.23. The molecule has 1 amide bonds. The minimum atomic E-state index is 0.432. The molecular formula is C9H19NO. The standard InChI is InChI=1S/C9H19NO/c1-9(2,3)6-4-5-7-10-8-11/h8H,4-7H2,1-3H3,(H,10,11). The van der Waals surface area contributed by atoms with Crippen LogP contribution in [0.2, 0.25) is 0 Å². The third kappa shape index (κ3) is 9.47. The van der Waals surface area contributed by atoms with E-state index in [1.165, 1.54) is 12.8 Å². The molecule has 0 aromatic rings. The van der Waals surface area contributed by atoms with Crippen molar-refractivity contribution in [1.29, 1.82) is 0 Å². The number of nitrogens with one attached hydrogen (secondary N) is 1.